The molecule has 2 heterocycles. The number of carbonyl (C=O) groups excluding carboxylic acids is 2. The SMILES string of the molecule is CCC1OC(=O)N(C(N)(C(=O)c2ccncc2)c2ccccc2)N=C1c1ccc(OC(F)(F)F)c(OC)c1. The van der Waals surface area contributed by atoms with Gasteiger partial charge in [-0.25, -0.2) is 4.79 Å². The van der Waals surface area contributed by atoms with Crippen molar-refractivity contribution in [2.45, 2.75) is 31.5 Å². The van der Waals surface area contributed by atoms with Gasteiger partial charge in [0.25, 0.3) is 0 Å². The molecule has 0 aliphatic carbocycles. The molecule has 12 heteroatoms. The summed E-state index contributed by atoms with van der Waals surface area (Å²) in [5.74, 6) is -1.45. The van der Waals surface area contributed by atoms with E-state index in [1.165, 1.54) is 43.8 Å². The minimum Gasteiger partial charge on any atom is -0.493 e. The average molecular weight is 528 g/mol. The van der Waals surface area contributed by atoms with Crippen LogP contribution < -0.4 is 15.2 Å². The number of methoxy groups -OCH3 is 1. The maximum absolute atomic E-state index is 13.8. The van der Waals surface area contributed by atoms with Gasteiger partial charge >= 0.3 is 12.5 Å². The van der Waals surface area contributed by atoms with E-state index in [0.29, 0.717) is 0 Å². The highest BCUT2D eigenvalue weighted by molar-refractivity contribution is 6.09. The number of rotatable bonds is 8. The normalized spacial score (nSPS) is 17.2. The van der Waals surface area contributed by atoms with Gasteiger partial charge in [-0.2, -0.15) is 10.1 Å². The fraction of sp³-hybridized carbons (Fsp3) is 0.231. The number of cyclic esters (lactones) is 1. The second-order valence-corrected chi connectivity index (χ2v) is 8.19. The minimum atomic E-state index is -4.93. The molecular formula is C26H23F3N4O5. The topological polar surface area (TPSA) is 116 Å². The summed E-state index contributed by atoms with van der Waals surface area (Å²) in [4.78, 5) is 30.9. The summed E-state index contributed by atoms with van der Waals surface area (Å²) < 4.78 is 53.2. The van der Waals surface area contributed by atoms with E-state index in [2.05, 4.69) is 14.8 Å². The van der Waals surface area contributed by atoms with Crippen LogP contribution in [0.2, 0.25) is 0 Å². The third kappa shape index (κ3) is 5.16. The van der Waals surface area contributed by atoms with E-state index in [-0.39, 0.29) is 34.6 Å². The first kappa shape index (κ1) is 26.6. The molecule has 1 aliphatic heterocycles. The zero-order valence-electron chi connectivity index (χ0n) is 20.3. The molecule has 0 fully saturated rings. The number of hydrazone groups is 1. The molecule has 0 saturated carbocycles. The summed E-state index contributed by atoms with van der Waals surface area (Å²) in [5.41, 5.74) is 5.43. The Morgan fingerprint density at radius 2 is 1.76 bits per heavy atom. The van der Waals surface area contributed by atoms with Crippen molar-refractivity contribution < 1.29 is 37.0 Å². The fourth-order valence-electron chi connectivity index (χ4n) is 3.98. The number of nitrogens with zero attached hydrogens (tertiary/aromatic N) is 3. The van der Waals surface area contributed by atoms with Crippen LogP contribution in [0.3, 0.4) is 0 Å². The number of ketones is 1. The molecule has 2 aromatic carbocycles. The lowest BCUT2D eigenvalue weighted by atomic mass is 9.90. The Balaban J connectivity index is 1.87. The van der Waals surface area contributed by atoms with Crippen LogP contribution in [0.5, 0.6) is 11.5 Å². The highest BCUT2D eigenvalue weighted by Crippen LogP contribution is 2.36. The fourth-order valence-corrected chi connectivity index (χ4v) is 3.98. The van der Waals surface area contributed by atoms with Gasteiger partial charge in [-0.3, -0.25) is 15.5 Å². The largest absolute Gasteiger partial charge is 0.573 e. The molecule has 2 unspecified atom stereocenters. The number of aromatic nitrogens is 1. The lowest BCUT2D eigenvalue weighted by Crippen LogP contribution is -2.61. The number of ether oxygens (including phenoxy) is 3. The van der Waals surface area contributed by atoms with Crippen LogP contribution in [0.4, 0.5) is 18.0 Å². The average Bonchev–Trinajstić information content (AvgIpc) is 2.92. The second kappa shape index (κ2) is 10.5. The molecule has 38 heavy (non-hydrogen) atoms. The third-order valence-corrected chi connectivity index (χ3v) is 5.82. The molecular weight excluding hydrogens is 505 g/mol. The van der Waals surface area contributed by atoms with E-state index in [4.69, 9.17) is 15.2 Å². The number of nitrogens with two attached hydrogens (primary N) is 1. The molecule has 2 N–H and O–H groups in total. The van der Waals surface area contributed by atoms with Crippen molar-refractivity contribution in [1.82, 2.24) is 9.99 Å². The zero-order valence-corrected chi connectivity index (χ0v) is 20.3. The molecule has 1 aromatic heterocycles. The van der Waals surface area contributed by atoms with E-state index in [1.54, 1.807) is 37.3 Å². The molecule has 198 valence electrons. The van der Waals surface area contributed by atoms with Gasteiger partial charge < -0.3 is 14.2 Å². The minimum absolute atomic E-state index is 0.150. The van der Waals surface area contributed by atoms with Crippen LogP contribution in [0.1, 0.15) is 34.8 Å². The van der Waals surface area contributed by atoms with Crippen LogP contribution >= 0.6 is 0 Å². The summed E-state index contributed by atoms with van der Waals surface area (Å²) in [5, 5.41) is 5.20. The quantitative estimate of drug-likeness (QED) is 0.424. The van der Waals surface area contributed by atoms with Gasteiger partial charge in [-0.1, -0.05) is 37.3 Å². The Kier molecular flexibility index (Phi) is 7.35. The van der Waals surface area contributed by atoms with Crippen LogP contribution in [0.15, 0.2) is 78.2 Å². The number of Topliss-reactive ketones (excluding diaryl/α,β-unsaturated/α-hetero) is 1. The Labute approximate surface area is 215 Å². The molecule has 2 atom stereocenters. The van der Waals surface area contributed by atoms with Crippen LogP contribution in [-0.4, -0.2) is 47.2 Å². The molecule has 0 bridgehead atoms. The Morgan fingerprint density at radius 1 is 1.08 bits per heavy atom. The highest BCUT2D eigenvalue weighted by Gasteiger charge is 2.49. The predicted octanol–water partition coefficient (Wildman–Crippen LogP) is 4.62. The van der Waals surface area contributed by atoms with Crippen molar-refractivity contribution in [2.24, 2.45) is 10.8 Å². The molecule has 3 aromatic rings. The van der Waals surface area contributed by atoms with Gasteiger partial charge in [0.05, 0.1) is 7.11 Å². The van der Waals surface area contributed by atoms with Crippen LogP contribution in [0, 0.1) is 0 Å². The van der Waals surface area contributed by atoms with Gasteiger partial charge in [0.1, 0.15) is 11.8 Å². The number of hydrogen-bond acceptors (Lipinski definition) is 8. The molecule has 0 saturated heterocycles. The van der Waals surface area contributed by atoms with E-state index in [1.807, 2.05) is 0 Å². The van der Waals surface area contributed by atoms with Gasteiger partial charge in [0, 0.05) is 29.1 Å². The third-order valence-electron chi connectivity index (χ3n) is 5.82. The summed E-state index contributed by atoms with van der Waals surface area (Å²) in [6.45, 7) is 1.73. The first-order chi connectivity index (χ1) is 18.1. The first-order valence-corrected chi connectivity index (χ1v) is 11.4. The molecule has 0 spiro atoms. The highest BCUT2D eigenvalue weighted by atomic mass is 19.4. The monoisotopic (exact) mass is 528 g/mol. The number of pyridine rings is 1. The summed E-state index contributed by atoms with van der Waals surface area (Å²) >= 11 is 0. The molecule has 9 nitrogen and oxygen atoms in total. The summed E-state index contributed by atoms with van der Waals surface area (Å²) in [6, 6.07) is 14.7. The van der Waals surface area contributed by atoms with E-state index >= 15 is 0 Å². The van der Waals surface area contributed by atoms with E-state index in [9.17, 15) is 22.8 Å². The summed E-state index contributed by atoms with van der Waals surface area (Å²) in [6.07, 6.45) is -3.69. The number of alkyl halides is 3. The maximum Gasteiger partial charge on any atom is 0.573 e. The number of halogens is 3. The Morgan fingerprint density at radius 3 is 2.37 bits per heavy atom. The van der Waals surface area contributed by atoms with Crippen LogP contribution in [0.25, 0.3) is 0 Å². The second-order valence-electron chi connectivity index (χ2n) is 8.19. The number of hydrogen-bond donors (Lipinski definition) is 1. The lowest BCUT2D eigenvalue weighted by Gasteiger charge is -2.39. The Bertz CT molecular complexity index is 1350. The molecule has 0 radical (unpaired) electrons. The van der Waals surface area contributed by atoms with Crippen molar-refractivity contribution in [3.63, 3.8) is 0 Å². The number of amides is 1. The van der Waals surface area contributed by atoms with Crippen LogP contribution in [-0.2, 0) is 10.4 Å². The smallest absolute Gasteiger partial charge is 0.493 e. The number of benzene rings is 2. The van der Waals surface area contributed by atoms with Gasteiger partial charge in [-0.15, -0.1) is 13.2 Å². The molecule has 4 rings (SSSR count). The maximum atomic E-state index is 13.8. The van der Waals surface area contributed by atoms with Crippen molar-refractivity contribution in [1.29, 1.82) is 0 Å². The van der Waals surface area contributed by atoms with Gasteiger partial charge in [0.2, 0.25) is 11.4 Å². The van der Waals surface area contributed by atoms with Gasteiger partial charge in [0.15, 0.2) is 11.5 Å². The predicted molar refractivity (Wildman–Crippen MR) is 129 cm³/mol. The van der Waals surface area contributed by atoms with Crippen molar-refractivity contribution in [2.75, 3.05) is 7.11 Å². The summed E-state index contributed by atoms with van der Waals surface area (Å²) in [7, 11) is 1.18. The standard InChI is InChI=1S/C26H23F3N4O5/c1-3-19-22(17-9-10-20(21(15-17)36-2)38-26(27,28)29)32-33(24(35)37-19)25(30,18-7-5-4-6-8-18)23(34)16-11-13-31-14-12-16/h4-15,19H,3,30H2,1-2H3. The molecule has 1 aliphatic rings. The Hall–Kier alpha value is -4.45. The van der Waals surface area contributed by atoms with Crippen molar-refractivity contribution in [3.05, 3.63) is 89.7 Å². The zero-order chi connectivity index (χ0) is 27.5. The van der Waals surface area contributed by atoms with Crippen molar-refractivity contribution in [3.8, 4) is 11.5 Å². The van der Waals surface area contributed by atoms with E-state index < -0.39 is 35.8 Å². The molecule has 1 amide bonds. The lowest BCUT2D eigenvalue weighted by molar-refractivity contribution is -0.275. The number of carbonyl (C=O) groups is 2. The van der Waals surface area contributed by atoms with E-state index in [0.717, 1.165) is 11.1 Å². The van der Waals surface area contributed by atoms with Crippen molar-refractivity contribution >= 4 is 17.6 Å². The van der Waals surface area contributed by atoms with Gasteiger partial charge in [-0.05, 0) is 36.8 Å². The first-order valence-electron chi connectivity index (χ1n) is 11.4.